The number of benzene rings is 2. The van der Waals surface area contributed by atoms with E-state index in [0.717, 1.165) is 53.2 Å². The first-order valence-corrected chi connectivity index (χ1v) is 11.5. The Labute approximate surface area is 178 Å². The number of anilines is 2. The number of aryl methyl sites for hydroxylation is 3. The van der Waals surface area contributed by atoms with Gasteiger partial charge in [-0.15, -0.1) is 0 Å². The van der Waals surface area contributed by atoms with E-state index in [4.69, 9.17) is 14.7 Å². The van der Waals surface area contributed by atoms with Gasteiger partial charge in [0.25, 0.3) is 0 Å². The van der Waals surface area contributed by atoms with Crippen molar-refractivity contribution in [2.24, 2.45) is 0 Å². The fraction of sp³-hybridized carbons (Fsp3) is 0.364. The van der Waals surface area contributed by atoms with E-state index in [2.05, 4.69) is 48.8 Å². The number of aromatic nitrogens is 2. The van der Waals surface area contributed by atoms with E-state index < -0.39 is 0 Å². The van der Waals surface area contributed by atoms with Crippen molar-refractivity contribution in [1.29, 1.82) is 0 Å². The Morgan fingerprint density at radius 2 is 1.48 bits per heavy atom. The average molecular weight is 425 g/mol. The molecule has 1 fully saturated rings. The lowest BCUT2D eigenvalue weighted by atomic mass is 10.1. The number of nitrogens with zero attached hydrogens (tertiary/aromatic N) is 4. The summed E-state index contributed by atoms with van der Waals surface area (Å²) in [4.78, 5) is 14.7. The molecule has 3 heterocycles. The summed E-state index contributed by atoms with van der Waals surface area (Å²) in [7, 11) is 1.71. The Hall–Kier alpha value is -2.38. The molecule has 0 aliphatic carbocycles. The summed E-state index contributed by atoms with van der Waals surface area (Å²) in [5.41, 5.74) is 5.94. The Morgan fingerprint density at radius 3 is 2.17 bits per heavy atom. The molecule has 150 valence electrons. The number of piperazine rings is 1. The highest BCUT2D eigenvalue weighted by molar-refractivity contribution is 7.22. The van der Waals surface area contributed by atoms with Gasteiger partial charge >= 0.3 is 0 Å². The van der Waals surface area contributed by atoms with E-state index in [0.29, 0.717) is 0 Å². The van der Waals surface area contributed by atoms with Crippen LogP contribution in [-0.2, 0) is 0 Å². The summed E-state index contributed by atoms with van der Waals surface area (Å²) >= 11 is 3.57. The fourth-order valence-corrected chi connectivity index (χ4v) is 6.28. The van der Waals surface area contributed by atoms with Gasteiger partial charge in [0.05, 0.1) is 22.0 Å². The van der Waals surface area contributed by atoms with Crippen LogP contribution in [0.15, 0.2) is 24.3 Å². The quantitative estimate of drug-likeness (QED) is 0.454. The standard InChI is InChI=1S/C22H24N4OS2/c1-13-11-15(3)18-17(12-13)28-21(23-18)25-7-9-26(10-8-25)22-24-19-16(27-4)6-5-14(2)20(19)29-22/h5-6,11-12H,7-10H2,1-4H3. The molecule has 7 heteroatoms. The van der Waals surface area contributed by atoms with Crippen molar-refractivity contribution in [1.82, 2.24) is 9.97 Å². The van der Waals surface area contributed by atoms with E-state index in [9.17, 15) is 0 Å². The molecule has 0 saturated carbocycles. The molecule has 0 N–H and O–H groups in total. The monoisotopic (exact) mass is 424 g/mol. The first-order chi connectivity index (χ1) is 14.0. The maximum atomic E-state index is 5.52. The average Bonchev–Trinajstić information content (AvgIpc) is 3.34. The molecule has 0 unspecified atom stereocenters. The first-order valence-electron chi connectivity index (χ1n) is 9.85. The van der Waals surface area contributed by atoms with Crippen molar-refractivity contribution in [3.8, 4) is 5.75 Å². The molecular weight excluding hydrogens is 400 g/mol. The molecule has 0 amide bonds. The van der Waals surface area contributed by atoms with Gasteiger partial charge in [0.2, 0.25) is 0 Å². The van der Waals surface area contributed by atoms with Crippen LogP contribution >= 0.6 is 22.7 Å². The zero-order valence-electron chi connectivity index (χ0n) is 17.2. The van der Waals surface area contributed by atoms with Crippen molar-refractivity contribution in [2.75, 3.05) is 43.1 Å². The van der Waals surface area contributed by atoms with Crippen LogP contribution < -0.4 is 14.5 Å². The molecule has 0 atom stereocenters. The molecule has 0 spiro atoms. The van der Waals surface area contributed by atoms with Gasteiger partial charge in [-0.05, 0) is 49.6 Å². The number of methoxy groups -OCH3 is 1. The van der Waals surface area contributed by atoms with Crippen LogP contribution in [0.2, 0.25) is 0 Å². The Balaban J connectivity index is 1.37. The van der Waals surface area contributed by atoms with Crippen LogP contribution in [-0.4, -0.2) is 43.3 Å². The number of rotatable bonds is 3. The molecule has 29 heavy (non-hydrogen) atoms. The molecule has 0 radical (unpaired) electrons. The summed E-state index contributed by atoms with van der Waals surface area (Å²) in [5.74, 6) is 0.854. The highest BCUT2D eigenvalue weighted by Gasteiger charge is 2.23. The second kappa shape index (κ2) is 7.15. The summed E-state index contributed by atoms with van der Waals surface area (Å²) in [6.07, 6.45) is 0. The molecular formula is C22H24N4OS2. The molecule has 5 nitrogen and oxygen atoms in total. The third-order valence-electron chi connectivity index (χ3n) is 5.55. The van der Waals surface area contributed by atoms with Gasteiger partial charge < -0.3 is 14.5 Å². The molecule has 1 aliphatic heterocycles. The lowest BCUT2D eigenvalue weighted by molar-refractivity contribution is 0.419. The van der Waals surface area contributed by atoms with Crippen molar-refractivity contribution in [3.05, 3.63) is 41.0 Å². The molecule has 4 aromatic rings. The van der Waals surface area contributed by atoms with Gasteiger partial charge in [-0.2, -0.15) is 0 Å². The third kappa shape index (κ3) is 3.22. The first kappa shape index (κ1) is 18.6. The minimum Gasteiger partial charge on any atom is -0.494 e. The number of hydrogen-bond acceptors (Lipinski definition) is 7. The van der Waals surface area contributed by atoms with Crippen LogP contribution in [0.3, 0.4) is 0 Å². The van der Waals surface area contributed by atoms with Crippen LogP contribution in [0.25, 0.3) is 20.4 Å². The normalized spacial score (nSPS) is 14.9. The van der Waals surface area contributed by atoms with Crippen molar-refractivity contribution < 1.29 is 4.74 Å². The summed E-state index contributed by atoms with van der Waals surface area (Å²) < 4.78 is 8.02. The fourth-order valence-electron chi connectivity index (χ4n) is 3.98. The molecule has 2 aromatic carbocycles. The lowest BCUT2D eigenvalue weighted by Crippen LogP contribution is -2.46. The van der Waals surface area contributed by atoms with Crippen molar-refractivity contribution in [2.45, 2.75) is 20.8 Å². The zero-order valence-corrected chi connectivity index (χ0v) is 18.8. The molecule has 5 rings (SSSR count). The van der Waals surface area contributed by atoms with Gasteiger partial charge in [0, 0.05) is 26.2 Å². The predicted molar refractivity (Wildman–Crippen MR) is 124 cm³/mol. The second-order valence-electron chi connectivity index (χ2n) is 7.66. The SMILES string of the molecule is COc1ccc(C)c2sc(N3CCN(c4nc5c(C)cc(C)cc5s4)CC3)nc12. The number of ether oxygens (including phenoxy) is 1. The van der Waals surface area contributed by atoms with E-state index in [-0.39, 0.29) is 0 Å². The summed E-state index contributed by atoms with van der Waals surface area (Å²) in [6.45, 7) is 10.3. The predicted octanol–water partition coefficient (Wildman–Crippen LogP) is 5.17. The minimum absolute atomic E-state index is 0.854. The number of hydrogen-bond donors (Lipinski definition) is 0. The van der Waals surface area contributed by atoms with Crippen LogP contribution in [0, 0.1) is 20.8 Å². The molecule has 0 bridgehead atoms. The molecule has 1 saturated heterocycles. The molecule has 2 aromatic heterocycles. The smallest absolute Gasteiger partial charge is 0.186 e. The Kier molecular flexibility index (Phi) is 4.59. The Bertz CT molecular complexity index is 1200. The number of thiazole rings is 2. The van der Waals surface area contributed by atoms with Crippen molar-refractivity contribution in [3.63, 3.8) is 0 Å². The van der Waals surface area contributed by atoms with Gasteiger partial charge in [-0.1, -0.05) is 34.8 Å². The Morgan fingerprint density at radius 1 is 0.828 bits per heavy atom. The van der Waals surface area contributed by atoms with E-state index in [1.807, 2.05) is 6.07 Å². The lowest BCUT2D eigenvalue weighted by Gasteiger charge is -2.34. The maximum Gasteiger partial charge on any atom is 0.186 e. The van der Waals surface area contributed by atoms with E-state index in [1.165, 1.54) is 26.1 Å². The van der Waals surface area contributed by atoms with Gasteiger partial charge in [-0.25, -0.2) is 9.97 Å². The topological polar surface area (TPSA) is 41.5 Å². The number of fused-ring (bicyclic) bond motifs is 2. The highest BCUT2D eigenvalue weighted by atomic mass is 32.1. The van der Waals surface area contributed by atoms with Gasteiger partial charge in [-0.3, -0.25) is 0 Å². The highest BCUT2D eigenvalue weighted by Crippen LogP contribution is 2.37. The van der Waals surface area contributed by atoms with Crippen LogP contribution in [0.5, 0.6) is 5.75 Å². The maximum absolute atomic E-state index is 5.52. The molecule has 1 aliphatic rings. The largest absolute Gasteiger partial charge is 0.494 e. The van der Waals surface area contributed by atoms with Crippen LogP contribution in [0.1, 0.15) is 16.7 Å². The van der Waals surface area contributed by atoms with Gasteiger partial charge in [0.1, 0.15) is 11.3 Å². The van der Waals surface area contributed by atoms with E-state index in [1.54, 1.807) is 29.8 Å². The summed E-state index contributed by atoms with van der Waals surface area (Å²) in [6, 6.07) is 8.58. The zero-order chi connectivity index (χ0) is 20.1. The van der Waals surface area contributed by atoms with Crippen LogP contribution in [0.4, 0.5) is 10.3 Å². The summed E-state index contributed by atoms with van der Waals surface area (Å²) in [5, 5.41) is 2.22. The minimum atomic E-state index is 0.854. The van der Waals surface area contributed by atoms with Crippen molar-refractivity contribution >= 4 is 53.4 Å². The van der Waals surface area contributed by atoms with Gasteiger partial charge in [0.15, 0.2) is 10.3 Å². The second-order valence-corrected chi connectivity index (χ2v) is 9.64. The van der Waals surface area contributed by atoms with E-state index >= 15 is 0 Å². The third-order valence-corrected chi connectivity index (χ3v) is 7.87.